The smallest absolute Gasteiger partial charge is 0.141 e. The Labute approximate surface area is 114 Å². The molecule has 0 spiro atoms. The predicted molar refractivity (Wildman–Crippen MR) is 76.3 cm³/mol. The summed E-state index contributed by atoms with van der Waals surface area (Å²) in [7, 11) is 0. The first-order valence-electron chi connectivity index (χ1n) is 7.14. The van der Waals surface area contributed by atoms with E-state index in [0.717, 1.165) is 11.5 Å². The van der Waals surface area contributed by atoms with E-state index in [1.165, 1.54) is 25.7 Å². The Morgan fingerprint density at radius 3 is 2.68 bits per heavy atom. The van der Waals surface area contributed by atoms with E-state index in [1.54, 1.807) is 0 Å². The van der Waals surface area contributed by atoms with E-state index in [4.69, 9.17) is 0 Å². The van der Waals surface area contributed by atoms with Gasteiger partial charge in [-0.2, -0.15) is 0 Å². The van der Waals surface area contributed by atoms with Crippen LogP contribution >= 0.6 is 0 Å². The molecule has 19 heavy (non-hydrogen) atoms. The van der Waals surface area contributed by atoms with Gasteiger partial charge >= 0.3 is 0 Å². The van der Waals surface area contributed by atoms with Crippen LogP contribution in [0.15, 0.2) is 36.7 Å². The highest BCUT2D eigenvalue weighted by molar-refractivity contribution is 5.33. The minimum atomic E-state index is 0.317. The van der Waals surface area contributed by atoms with Crippen molar-refractivity contribution >= 4 is 0 Å². The van der Waals surface area contributed by atoms with Crippen molar-refractivity contribution in [2.24, 2.45) is 5.41 Å². The summed E-state index contributed by atoms with van der Waals surface area (Å²) in [6, 6.07) is 10.4. The molecule has 1 aliphatic rings. The maximum absolute atomic E-state index is 4.42. The molecule has 0 radical (unpaired) electrons. The van der Waals surface area contributed by atoms with Gasteiger partial charge in [0.2, 0.25) is 0 Å². The number of aromatic nitrogens is 3. The second-order valence-corrected chi connectivity index (χ2v) is 6.18. The summed E-state index contributed by atoms with van der Waals surface area (Å²) in [6.45, 7) is 4.72. The molecule has 0 aliphatic heterocycles. The summed E-state index contributed by atoms with van der Waals surface area (Å²) in [5, 5.41) is 8.58. The van der Waals surface area contributed by atoms with Gasteiger partial charge in [0.1, 0.15) is 12.2 Å². The van der Waals surface area contributed by atoms with E-state index in [1.807, 2.05) is 12.4 Å². The van der Waals surface area contributed by atoms with Crippen LogP contribution in [-0.4, -0.2) is 14.8 Å². The Hall–Kier alpha value is -1.64. The molecule has 1 heterocycles. The quantitative estimate of drug-likeness (QED) is 0.813. The molecular formula is C16H21N3. The SMILES string of the molecule is CC1(C)CCCCC1c1nncn1-c1ccccc1. The molecule has 3 rings (SSSR count). The lowest BCUT2D eigenvalue weighted by atomic mass is 9.68. The molecule has 1 aromatic carbocycles. The Balaban J connectivity index is 2.00. The van der Waals surface area contributed by atoms with Gasteiger partial charge in [-0.1, -0.05) is 44.9 Å². The van der Waals surface area contributed by atoms with E-state index >= 15 is 0 Å². The number of rotatable bonds is 2. The molecule has 1 atom stereocenters. The van der Waals surface area contributed by atoms with Gasteiger partial charge < -0.3 is 0 Å². The highest BCUT2D eigenvalue weighted by atomic mass is 15.3. The Bertz CT molecular complexity index is 542. The third-order valence-electron chi connectivity index (χ3n) is 4.43. The minimum absolute atomic E-state index is 0.317. The zero-order chi connectivity index (χ0) is 13.3. The van der Waals surface area contributed by atoms with Gasteiger partial charge in [0.05, 0.1) is 0 Å². The standard InChI is InChI=1S/C16H21N3/c1-16(2)11-7-6-10-14(16)15-18-17-12-19(15)13-8-4-3-5-9-13/h3-5,8-9,12,14H,6-7,10-11H2,1-2H3. The van der Waals surface area contributed by atoms with Crippen molar-refractivity contribution < 1.29 is 0 Å². The molecule has 1 saturated carbocycles. The first-order valence-corrected chi connectivity index (χ1v) is 7.14. The van der Waals surface area contributed by atoms with Crippen LogP contribution in [0, 0.1) is 5.41 Å². The molecule has 1 fully saturated rings. The average Bonchev–Trinajstić information content (AvgIpc) is 2.88. The van der Waals surface area contributed by atoms with E-state index in [2.05, 4.69) is 52.9 Å². The number of hydrogen-bond acceptors (Lipinski definition) is 2. The molecule has 3 heteroatoms. The highest BCUT2D eigenvalue weighted by Gasteiger charge is 2.36. The molecule has 0 bridgehead atoms. The second kappa shape index (κ2) is 4.80. The Morgan fingerprint density at radius 1 is 1.16 bits per heavy atom. The van der Waals surface area contributed by atoms with Gasteiger partial charge in [-0.05, 0) is 30.4 Å². The lowest BCUT2D eigenvalue weighted by Gasteiger charge is -2.37. The molecule has 100 valence electrons. The third kappa shape index (κ3) is 2.29. The van der Waals surface area contributed by atoms with Crippen molar-refractivity contribution in [3.8, 4) is 5.69 Å². The monoisotopic (exact) mass is 255 g/mol. The number of benzene rings is 1. The van der Waals surface area contributed by atoms with Crippen LogP contribution in [0.4, 0.5) is 0 Å². The van der Waals surface area contributed by atoms with Crippen LogP contribution in [0.1, 0.15) is 51.3 Å². The van der Waals surface area contributed by atoms with Crippen molar-refractivity contribution in [1.82, 2.24) is 14.8 Å². The molecule has 0 amide bonds. The topological polar surface area (TPSA) is 30.7 Å². The molecular weight excluding hydrogens is 234 g/mol. The summed E-state index contributed by atoms with van der Waals surface area (Å²) in [4.78, 5) is 0. The lowest BCUT2D eigenvalue weighted by molar-refractivity contribution is 0.191. The third-order valence-corrected chi connectivity index (χ3v) is 4.43. The molecule has 1 aromatic heterocycles. The van der Waals surface area contributed by atoms with Crippen molar-refractivity contribution in [2.75, 3.05) is 0 Å². The summed E-state index contributed by atoms with van der Waals surface area (Å²) in [6.07, 6.45) is 6.98. The van der Waals surface area contributed by atoms with E-state index in [-0.39, 0.29) is 0 Å². The van der Waals surface area contributed by atoms with Crippen LogP contribution in [0.2, 0.25) is 0 Å². The molecule has 1 unspecified atom stereocenters. The van der Waals surface area contributed by atoms with Crippen molar-refractivity contribution in [2.45, 2.75) is 45.4 Å². The highest BCUT2D eigenvalue weighted by Crippen LogP contribution is 2.46. The normalized spacial score (nSPS) is 22.3. The summed E-state index contributed by atoms with van der Waals surface area (Å²) < 4.78 is 2.15. The molecule has 0 N–H and O–H groups in total. The van der Waals surface area contributed by atoms with Crippen LogP contribution in [-0.2, 0) is 0 Å². The Kier molecular flexibility index (Phi) is 3.13. The fourth-order valence-electron chi connectivity index (χ4n) is 3.24. The zero-order valence-electron chi connectivity index (χ0n) is 11.7. The number of hydrogen-bond donors (Lipinski definition) is 0. The van der Waals surface area contributed by atoms with E-state index in [0.29, 0.717) is 11.3 Å². The molecule has 0 saturated heterocycles. The Morgan fingerprint density at radius 2 is 1.95 bits per heavy atom. The number of nitrogens with zero attached hydrogens (tertiary/aromatic N) is 3. The molecule has 3 nitrogen and oxygen atoms in total. The number of para-hydroxylation sites is 1. The summed E-state index contributed by atoms with van der Waals surface area (Å²) in [5.74, 6) is 1.62. The van der Waals surface area contributed by atoms with E-state index < -0.39 is 0 Å². The van der Waals surface area contributed by atoms with Crippen LogP contribution in [0.5, 0.6) is 0 Å². The second-order valence-electron chi connectivity index (χ2n) is 6.18. The fourth-order valence-corrected chi connectivity index (χ4v) is 3.24. The van der Waals surface area contributed by atoms with Gasteiger partial charge in [-0.3, -0.25) is 4.57 Å². The largest absolute Gasteiger partial charge is 0.285 e. The average molecular weight is 255 g/mol. The first-order chi connectivity index (χ1) is 9.18. The minimum Gasteiger partial charge on any atom is -0.285 e. The van der Waals surface area contributed by atoms with Gasteiger partial charge in [0.25, 0.3) is 0 Å². The van der Waals surface area contributed by atoms with Crippen molar-refractivity contribution in [3.63, 3.8) is 0 Å². The van der Waals surface area contributed by atoms with Crippen LogP contribution < -0.4 is 0 Å². The fraction of sp³-hybridized carbons (Fsp3) is 0.500. The lowest BCUT2D eigenvalue weighted by Crippen LogP contribution is -2.28. The van der Waals surface area contributed by atoms with Gasteiger partial charge in [0.15, 0.2) is 0 Å². The van der Waals surface area contributed by atoms with Crippen LogP contribution in [0.3, 0.4) is 0 Å². The summed E-state index contributed by atoms with van der Waals surface area (Å²) in [5.41, 5.74) is 1.47. The maximum atomic E-state index is 4.42. The van der Waals surface area contributed by atoms with E-state index in [9.17, 15) is 0 Å². The van der Waals surface area contributed by atoms with Crippen molar-refractivity contribution in [1.29, 1.82) is 0 Å². The molecule has 1 aliphatic carbocycles. The zero-order valence-corrected chi connectivity index (χ0v) is 11.7. The van der Waals surface area contributed by atoms with Crippen molar-refractivity contribution in [3.05, 3.63) is 42.5 Å². The predicted octanol–water partition coefficient (Wildman–Crippen LogP) is 3.95. The van der Waals surface area contributed by atoms with Gasteiger partial charge in [0, 0.05) is 11.6 Å². The summed E-state index contributed by atoms with van der Waals surface area (Å²) >= 11 is 0. The maximum Gasteiger partial charge on any atom is 0.141 e. The molecule has 2 aromatic rings. The van der Waals surface area contributed by atoms with Gasteiger partial charge in [-0.25, -0.2) is 0 Å². The first kappa shape index (κ1) is 12.4. The van der Waals surface area contributed by atoms with Crippen LogP contribution in [0.25, 0.3) is 5.69 Å². The van der Waals surface area contributed by atoms with Gasteiger partial charge in [-0.15, -0.1) is 10.2 Å².